The molecule has 0 aliphatic heterocycles. The van der Waals surface area contributed by atoms with Crippen molar-refractivity contribution in [2.24, 2.45) is 11.7 Å². The summed E-state index contributed by atoms with van der Waals surface area (Å²) in [5.41, 5.74) is 6.31. The topological polar surface area (TPSA) is 77.1 Å². The lowest BCUT2D eigenvalue weighted by Crippen LogP contribution is -2.54. The molecule has 1 aliphatic rings. The molecule has 2 rings (SSSR count). The monoisotopic (exact) mass is 319 g/mol. The number of aryl methyl sites for hydroxylation is 1. The molecular formula is C13H22ClN3O2S. The van der Waals surface area contributed by atoms with Crippen LogP contribution in [-0.2, 0) is 11.3 Å². The van der Waals surface area contributed by atoms with Crippen molar-refractivity contribution in [2.75, 3.05) is 6.54 Å². The highest BCUT2D eigenvalue weighted by molar-refractivity contribution is 7.09. The predicted octanol–water partition coefficient (Wildman–Crippen LogP) is 1.19. The second-order valence-corrected chi connectivity index (χ2v) is 6.71. The van der Waals surface area contributed by atoms with Crippen LogP contribution in [0.15, 0.2) is 4.79 Å². The van der Waals surface area contributed by atoms with Crippen molar-refractivity contribution in [1.29, 1.82) is 0 Å². The molecule has 20 heavy (non-hydrogen) atoms. The number of aromatic nitrogens is 1. The Labute approximate surface area is 129 Å². The van der Waals surface area contributed by atoms with Gasteiger partial charge in [-0.05, 0) is 39.5 Å². The number of carbonyl (C=O) groups excluding carboxylic acids is 1. The lowest BCUT2D eigenvalue weighted by atomic mass is 9.96. The molecule has 1 aromatic rings. The van der Waals surface area contributed by atoms with Crippen LogP contribution in [0.3, 0.4) is 0 Å². The Morgan fingerprint density at radius 3 is 2.50 bits per heavy atom. The molecule has 5 nitrogen and oxygen atoms in total. The average Bonchev–Trinajstić information content (AvgIpc) is 3.15. The molecule has 1 atom stereocenters. The fourth-order valence-corrected chi connectivity index (χ4v) is 3.14. The first-order valence-electron chi connectivity index (χ1n) is 6.55. The standard InChI is InChI=1S/C13H21N3O2S.ClH/c1-8-9(2)19-12(18)16(8)6-11(17)15-13(3,7-14)10-4-5-10;/h10H,4-7,14H2,1-3H3,(H,15,17);1H. The molecule has 1 aliphatic carbocycles. The van der Waals surface area contributed by atoms with Crippen LogP contribution in [0.4, 0.5) is 0 Å². The molecule has 0 aromatic carbocycles. The summed E-state index contributed by atoms with van der Waals surface area (Å²) in [6.07, 6.45) is 2.23. The van der Waals surface area contributed by atoms with Crippen molar-refractivity contribution in [3.63, 3.8) is 0 Å². The zero-order chi connectivity index (χ0) is 14.2. The van der Waals surface area contributed by atoms with Gasteiger partial charge in [0.25, 0.3) is 0 Å². The minimum Gasteiger partial charge on any atom is -0.348 e. The first-order chi connectivity index (χ1) is 8.87. The first-order valence-corrected chi connectivity index (χ1v) is 7.37. The van der Waals surface area contributed by atoms with Crippen molar-refractivity contribution >= 4 is 29.7 Å². The van der Waals surface area contributed by atoms with Crippen molar-refractivity contribution in [3.05, 3.63) is 20.2 Å². The number of rotatable bonds is 5. The fraction of sp³-hybridized carbons (Fsp3) is 0.692. The Hall–Kier alpha value is -0.850. The highest BCUT2D eigenvalue weighted by Gasteiger charge is 2.41. The maximum absolute atomic E-state index is 12.1. The Bertz CT molecular complexity index is 550. The van der Waals surface area contributed by atoms with Gasteiger partial charge in [0.1, 0.15) is 6.54 Å². The molecule has 114 valence electrons. The van der Waals surface area contributed by atoms with E-state index in [1.165, 1.54) is 15.9 Å². The molecule has 1 saturated carbocycles. The van der Waals surface area contributed by atoms with E-state index >= 15 is 0 Å². The van der Waals surface area contributed by atoms with Gasteiger partial charge in [0, 0.05) is 17.1 Å². The second kappa shape index (κ2) is 6.28. The summed E-state index contributed by atoms with van der Waals surface area (Å²) in [5.74, 6) is 0.339. The zero-order valence-corrected chi connectivity index (χ0v) is 13.7. The Balaban J connectivity index is 0.00000200. The van der Waals surface area contributed by atoms with Crippen molar-refractivity contribution in [3.8, 4) is 0 Å². The quantitative estimate of drug-likeness (QED) is 0.856. The van der Waals surface area contributed by atoms with Crippen LogP contribution < -0.4 is 15.9 Å². The van der Waals surface area contributed by atoms with Gasteiger partial charge in [0.2, 0.25) is 5.91 Å². The van der Waals surface area contributed by atoms with Gasteiger partial charge >= 0.3 is 4.87 Å². The summed E-state index contributed by atoms with van der Waals surface area (Å²) in [7, 11) is 0. The number of hydrogen-bond donors (Lipinski definition) is 2. The molecule has 1 aromatic heterocycles. The molecule has 3 N–H and O–H groups in total. The highest BCUT2D eigenvalue weighted by Crippen LogP contribution is 2.38. The van der Waals surface area contributed by atoms with E-state index in [9.17, 15) is 9.59 Å². The first kappa shape index (κ1) is 17.2. The maximum Gasteiger partial charge on any atom is 0.308 e. The van der Waals surface area contributed by atoms with E-state index in [1.54, 1.807) is 0 Å². The SMILES string of the molecule is Cc1sc(=O)n(CC(=O)NC(C)(CN)C2CC2)c1C.Cl. The number of nitrogens with one attached hydrogen (secondary N) is 1. The Morgan fingerprint density at radius 2 is 2.10 bits per heavy atom. The Kier molecular flexibility index (Phi) is 5.40. The molecule has 0 bridgehead atoms. The highest BCUT2D eigenvalue weighted by atomic mass is 35.5. The second-order valence-electron chi connectivity index (χ2n) is 5.54. The van der Waals surface area contributed by atoms with Gasteiger partial charge in [0.15, 0.2) is 0 Å². The minimum absolute atomic E-state index is 0. The van der Waals surface area contributed by atoms with Gasteiger partial charge in [-0.15, -0.1) is 12.4 Å². The molecule has 0 spiro atoms. The van der Waals surface area contributed by atoms with Gasteiger partial charge in [0.05, 0.1) is 5.54 Å². The number of halogens is 1. The maximum atomic E-state index is 12.1. The summed E-state index contributed by atoms with van der Waals surface area (Å²) >= 11 is 1.18. The van der Waals surface area contributed by atoms with Gasteiger partial charge in [-0.1, -0.05) is 11.3 Å². The number of carbonyl (C=O) groups is 1. The number of nitrogens with two attached hydrogens (primary N) is 1. The van der Waals surface area contributed by atoms with Gasteiger partial charge in [-0.2, -0.15) is 0 Å². The van der Waals surface area contributed by atoms with Crippen LogP contribution in [0, 0.1) is 19.8 Å². The number of nitrogens with zero attached hydrogens (tertiary/aromatic N) is 1. The van der Waals surface area contributed by atoms with E-state index in [0.29, 0.717) is 12.5 Å². The van der Waals surface area contributed by atoms with E-state index in [4.69, 9.17) is 5.73 Å². The molecular weight excluding hydrogens is 298 g/mol. The van der Waals surface area contributed by atoms with Gasteiger partial charge in [-0.25, -0.2) is 0 Å². The van der Waals surface area contributed by atoms with Crippen molar-refractivity contribution < 1.29 is 4.79 Å². The van der Waals surface area contributed by atoms with Gasteiger partial charge in [-0.3, -0.25) is 14.2 Å². The molecule has 1 unspecified atom stereocenters. The van der Waals surface area contributed by atoms with Crippen LogP contribution >= 0.6 is 23.7 Å². The smallest absolute Gasteiger partial charge is 0.308 e. The number of thiazole rings is 1. The molecule has 0 radical (unpaired) electrons. The van der Waals surface area contributed by atoms with Crippen LogP contribution in [0.25, 0.3) is 0 Å². The summed E-state index contributed by atoms with van der Waals surface area (Å²) in [6.45, 7) is 6.25. The third-order valence-corrected chi connectivity index (χ3v) is 5.00. The van der Waals surface area contributed by atoms with Crippen LogP contribution in [-0.4, -0.2) is 22.6 Å². The third-order valence-electron chi connectivity index (χ3n) is 4.00. The zero-order valence-electron chi connectivity index (χ0n) is 12.1. The number of hydrogen-bond acceptors (Lipinski definition) is 4. The average molecular weight is 320 g/mol. The molecule has 1 heterocycles. The molecule has 7 heteroatoms. The van der Waals surface area contributed by atoms with E-state index in [1.807, 2.05) is 20.8 Å². The third kappa shape index (κ3) is 3.42. The van der Waals surface area contributed by atoms with Crippen LogP contribution in [0.2, 0.25) is 0 Å². The van der Waals surface area contributed by atoms with Crippen LogP contribution in [0.1, 0.15) is 30.3 Å². The predicted molar refractivity (Wildman–Crippen MR) is 83.6 cm³/mol. The molecule has 0 saturated heterocycles. The summed E-state index contributed by atoms with van der Waals surface area (Å²) in [4.78, 5) is 24.7. The van der Waals surface area contributed by atoms with E-state index < -0.39 is 0 Å². The van der Waals surface area contributed by atoms with E-state index in [2.05, 4.69) is 5.32 Å². The summed E-state index contributed by atoms with van der Waals surface area (Å²) < 4.78 is 1.53. The van der Waals surface area contributed by atoms with Crippen molar-refractivity contribution in [1.82, 2.24) is 9.88 Å². The summed E-state index contributed by atoms with van der Waals surface area (Å²) in [5, 5.41) is 3.00. The largest absolute Gasteiger partial charge is 0.348 e. The normalized spacial score (nSPS) is 17.2. The fourth-order valence-electron chi connectivity index (χ4n) is 2.31. The summed E-state index contributed by atoms with van der Waals surface area (Å²) in [6, 6.07) is 0. The van der Waals surface area contributed by atoms with E-state index in [0.717, 1.165) is 23.4 Å². The van der Waals surface area contributed by atoms with E-state index in [-0.39, 0.29) is 35.3 Å². The minimum atomic E-state index is -0.334. The van der Waals surface area contributed by atoms with Crippen LogP contribution in [0.5, 0.6) is 0 Å². The van der Waals surface area contributed by atoms with Gasteiger partial charge < -0.3 is 11.1 Å². The lowest BCUT2D eigenvalue weighted by Gasteiger charge is -2.29. The Morgan fingerprint density at radius 1 is 1.50 bits per heavy atom. The molecule has 1 fully saturated rings. The number of amides is 1. The lowest BCUT2D eigenvalue weighted by molar-refractivity contribution is -0.123. The van der Waals surface area contributed by atoms with Crippen molar-refractivity contribution in [2.45, 2.75) is 45.7 Å². The molecule has 1 amide bonds.